The fourth-order valence-corrected chi connectivity index (χ4v) is 0.183. The molecule has 3 heteroatoms. The zero-order valence-corrected chi connectivity index (χ0v) is 5.62. The Bertz CT molecular complexity index is 102. The zero-order valence-electron chi connectivity index (χ0n) is 4.03. The van der Waals surface area contributed by atoms with Gasteiger partial charge in [0.05, 0.1) is 4.61 Å². The Morgan fingerprint density at radius 3 is 2.29 bits per heavy atom. The number of hydrogen-bond acceptors (Lipinski definition) is 2. The normalized spacial score (nSPS) is 12.9. The number of halogens is 1. The second kappa shape index (κ2) is 2.80. The van der Waals surface area contributed by atoms with Gasteiger partial charge in [-0.05, 0) is 28.4 Å². The molecule has 40 valence electrons. The Morgan fingerprint density at radius 1 is 1.86 bits per heavy atom. The summed E-state index contributed by atoms with van der Waals surface area (Å²) >= 11 is 3.01. The van der Waals surface area contributed by atoms with Crippen LogP contribution < -0.4 is 5.73 Å². The second-order valence-electron chi connectivity index (χ2n) is 1.18. The van der Waals surface area contributed by atoms with Gasteiger partial charge < -0.3 is 11.1 Å². The molecule has 0 aromatic carbocycles. The quantitative estimate of drug-likeness (QED) is 0.443. The van der Waals surface area contributed by atoms with Crippen molar-refractivity contribution in [1.82, 2.24) is 0 Å². The van der Waals surface area contributed by atoms with Crippen molar-refractivity contribution in [3.8, 4) is 0 Å². The number of rotatable bonds is 1. The average Bonchev–Trinajstić information content (AvgIpc) is 1.65. The van der Waals surface area contributed by atoms with Crippen LogP contribution in [-0.4, -0.2) is 6.21 Å². The highest BCUT2D eigenvalue weighted by atomic mass is 79.9. The molecule has 7 heavy (non-hydrogen) atoms. The maximum atomic E-state index is 6.65. The Balaban J connectivity index is 3.98. The van der Waals surface area contributed by atoms with Crippen LogP contribution >= 0.6 is 15.9 Å². The van der Waals surface area contributed by atoms with Crippen LogP contribution in [-0.2, 0) is 0 Å². The van der Waals surface area contributed by atoms with E-state index in [4.69, 9.17) is 11.1 Å². The molecule has 2 nitrogen and oxygen atoms in total. The topological polar surface area (TPSA) is 49.9 Å². The van der Waals surface area contributed by atoms with Crippen LogP contribution in [0.1, 0.15) is 6.92 Å². The summed E-state index contributed by atoms with van der Waals surface area (Å²) in [5.41, 5.74) is 5.94. The van der Waals surface area contributed by atoms with Gasteiger partial charge in [0.25, 0.3) is 0 Å². The molecular formula is C4H7BrN2. The molecule has 0 unspecified atom stereocenters. The van der Waals surface area contributed by atoms with Gasteiger partial charge in [-0.3, -0.25) is 0 Å². The van der Waals surface area contributed by atoms with Gasteiger partial charge in [-0.2, -0.15) is 0 Å². The number of hydrogen-bond donors (Lipinski definition) is 2. The van der Waals surface area contributed by atoms with Crippen molar-refractivity contribution >= 4 is 22.1 Å². The molecule has 0 aromatic rings. The van der Waals surface area contributed by atoms with Gasteiger partial charge in [0.15, 0.2) is 0 Å². The van der Waals surface area contributed by atoms with Gasteiger partial charge in [-0.1, -0.05) is 0 Å². The summed E-state index contributed by atoms with van der Waals surface area (Å²) in [5, 5.41) is 6.65. The lowest BCUT2D eigenvalue weighted by Crippen LogP contribution is -1.91. The monoisotopic (exact) mass is 162 g/mol. The predicted octanol–water partition coefficient (Wildman–Crippen LogP) is 1.22. The first-order valence-corrected chi connectivity index (χ1v) is 2.60. The van der Waals surface area contributed by atoms with Crippen molar-refractivity contribution in [3.63, 3.8) is 0 Å². The van der Waals surface area contributed by atoms with Crippen molar-refractivity contribution in [1.29, 1.82) is 5.41 Å². The molecule has 0 aliphatic heterocycles. The smallest absolute Gasteiger partial charge is 0.0798 e. The second-order valence-corrected chi connectivity index (χ2v) is 2.03. The third kappa shape index (κ3) is 2.39. The first-order valence-electron chi connectivity index (χ1n) is 1.81. The Hall–Kier alpha value is -0.310. The van der Waals surface area contributed by atoms with E-state index in [1.165, 1.54) is 6.21 Å². The van der Waals surface area contributed by atoms with E-state index in [2.05, 4.69) is 15.9 Å². The summed E-state index contributed by atoms with van der Waals surface area (Å²) in [4.78, 5) is 0. The molecule has 0 radical (unpaired) electrons. The Labute approximate surface area is 51.0 Å². The minimum atomic E-state index is 0.530. The molecule has 0 aromatic heterocycles. The van der Waals surface area contributed by atoms with Crippen LogP contribution in [0.4, 0.5) is 0 Å². The SMILES string of the molecule is C/C(C=N)=C(/N)Br. The van der Waals surface area contributed by atoms with Gasteiger partial charge in [-0.15, -0.1) is 0 Å². The number of allylic oxidation sites excluding steroid dienone is 1. The van der Waals surface area contributed by atoms with Gasteiger partial charge in [0, 0.05) is 6.21 Å². The summed E-state index contributed by atoms with van der Waals surface area (Å²) in [6.07, 6.45) is 1.20. The number of nitrogens with one attached hydrogen (secondary N) is 1. The van der Waals surface area contributed by atoms with E-state index in [9.17, 15) is 0 Å². The summed E-state index contributed by atoms with van der Waals surface area (Å²) < 4.78 is 0.530. The molecule has 0 rings (SSSR count). The van der Waals surface area contributed by atoms with Gasteiger partial charge >= 0.3 is 0 Å². The molecule has 0 amide bonds. The summed E-state index contributed by atoms with van der Waals surface area (Å²) in [7, 11) is 0. The van der Waals surface area contributed by atoms with Crippen molar-refractivity contribution in [2.45, 2.75) is 6.92 Å². The van der Waals surface area contributed by atoms with Crippen LogP contribution in [0.3, 0.4) is 0 Å². The van der Waals surface area contributed by atoms with Crippen molar-refractivity contribution < 1.29 is 0 Å². The lowest BCUT2D eigenvalue weighted by Gasteiger charge is -1.87. The van der Waals surface area contributed by atoms with Crippen LogP contribution in [0, 0.1) is 5.41 Å². The molecule has 0 heterocycles. The predicted molar refractivity (Wildman–Crippen MR) is 34.6 cm³/mol. The van der Waals surface area contributed by atoms with E-state index < -0.39 is 0 Å². The van der Waals surface area contributed by atoms with Crippen LogP contribution in [0.25, 0.3) is 0 Å². The fourth-order valence-electron chi connectivity index (χ4n) is 0.0689. The van der Waals surface area contributed by atoms with Gasteiger partial charge in [-0.25, -0.2) is 0 Å². The average molecular weight is 163 g/mol. The Morgan fingerprint density at radius 2 is 2.29 bits per heavy atom. The zero-order chi connectivity index (χ0) is 5.86. The summed E-state index contributed by atoms with van der Waals surface area (Å²) in [6.45, 7) is 1.76. The lowest BCUT2D eigenvalue weighted by molar-refractivity contribution is 1.43. The first-order chi connectivity index (χ1) is 3.18. The highest BCUT2D eigenvalue weighted by Crippen LogP contribution is 1.99. The fraction of sp³-hybridized carbons (Fsp3) is 0.250. The molecule has 0 spiro atoms. The largest absolute Gasteiger partial charge is 0.393 e. The van der Waals surface area contributed by atoms with Crippen LogP contribution in [0.2, 0.25) is 0 Å². The van der Waals surface area contributed by atoms with E-state index >= 15 is 0 Å². The van der Waals surface area contributed by atoms with Gasteiger partial charge in [0.1, 0.15) is 0 Å². The van der Waals surface area contributed by atoms with E-state index in [1.807, 2.05) is 0 Å². The van der Waals surface area contributed by atoms with Crippen molar-refractivity contribution in [2.24, 2.45) is 5.73 Å². The number of nitrogens with two attached hydrogens (primary N) is 1. The molecule has 0 fully saturated rings. The third-order valence-corrected chi connectivity index (χ3v) is 1.22. The standard InChI is InChI=1S/C4H7BrN2/c1-3(2-6)4(5)7/h2,6H,7H2,1H3/b4-3-,6-2?. The molecule has 3 N–H and O–H groups in total. The first kappa shape index (κ1) is 6.69. The van der Waals surface area contributed by atoms with E-state index in [1.54, 1.807) is 6.92 Å². The molecule has 0 aliphatic rings. The Kier molecular flexibility index (Phi) is 2.67. The summed E-state index contributed by atoms with van der Waals surface area (Å²) in [5.74, 6) is 0. The van der Waals surface area contributed by atoms with Crippen molar-refractivity contribution in [3.05, 3.63) is 10.2 Å². The third-order valence-electron chi connectivity index (χ3n) is 0.593. The molecule has 0 saturated heterocycles. The molecule has 0 bridgehead atoms. The van der Waals surface area contributed by atoms with Crippen molar-refractivity contribution in [2.75, 3.05) is 0 Å². The highest BCUT2D eigenvalue weighted by Gasteiger charge is 1.83. The molecule has 0 aliphatic carbocycles. The summed E-state index contributed by atoms with van der Waals surface area (Å²) in [6, 6.07) is 0. The minimum absolute atomic E-state index is 0.530. The maximum Gasteiger partial charge on any atom is 0.0798 e. The maximum absolute atomic E-state index is 6.65. The minimum Gasteiger partial charge on any atom is -0.393 e. The molecule has 0 saturated carbocycles. The molecular weight excluding hydrogens is 156 g/mol. The highest BCUT2D eigenvalue weighted by molar-refractivity contribution is 9.11. The van der Waals surface area contributed by atoms with Crippen LogP contribution in [0.5, 0.6) is 0 Å². The van der Waals surface area contributed by atoms with E-state index in [-0.39, 0.29) is 0 Å². The van der Waals surface area contributed by atoms with E-state index in [0.717, 1.165) is 5.57 Å². The lowest BCUT2D eigenvalue weighted by atomic mass is 10.4. The van der Waals surface area contributed by atoms with Gasteiger partial charge in [0.2, 0.25) is 0 Å². The molecule has 0 atom stereocenters. The van der Waals surface area contributed by atoms with E-state index in [0.29, 0.717) is 4.61 Å². The van der Waals surface area contributed by atoms with Crippen LogP contribution in [0.15, 0.2) is 10.2 Å².